The van der Waals surface area contributed by atoms with Crippen LogP contribution in [0.4, 0.5) is 0 Å². The minimum Gasteiger partial charge on any atom is -0.321 e. The van der Waals surface area contributed by atoms with Crippen LogP contribution >= 0.6 is 0 Å². The van der Waals surface area contributed by atoms with Gasteiger partial charge in [0, 0.05) is 5.56 Å². The first-order valence-corrected chi connectivity index (χ1v) is 6.43. The molecular weight excluding hydrogens is 210 g/mol. The van der Waals surface area contributed by atoms with Gasteiger partial charge in [0.05, 0.1) is 6.04 Å². The molecule has 0 bridgehead atoms. The molecule has 0 amide bonds. The van der Waals surface area contributed by atoms with Crippen LogP contribution in [0.1, 0.15) is 49.5 Å². The zero-order valence-corrected chi connectivity index (χ0v) is 11.1. The third-order valence-corrected chi connectivity index (χ3v) is 2.79. The average Bonchev–Trinajstić information content (AvgIpc) is 2.28. The molecule has 1 rings (SSSR count). The molecule has 17 heavy (non-hydrogen) atoms. The molecule has 0 saturated carbocycles. The Kier molecular flexibility index (Phi) is 5.36. The zero-order chi connectivity index (χ0) is 12.8. The molecule has 1 aromatic rings. The summed E-state index contributed by atoms with van der Waals surface area (Å²) in [6.07, 6.45) is 2.70. The maximum atomic E-state index is 12.0. The highest BCUT2D eigenvalue weighted by Gasteiger charge is 2.14. The highest BCUT2D eigenvalue weighted by molar-refractivity contribution is 6.00. The fourth-order valence-electron chi connectivity index (χ4n) is 1.98. The van der Waals surface area contributed by atoms with Gasteiger partial charge in [0.1, 0.15) is 0 Å². The number of carbonyl (C=O) groups is 1. The highest BCUT2D eigenvalue weighted by atomic mass is 16.1. The van der Waals surface area contributed by atoms with Crippen molar-refractivity contribution in [3.8, 4) is 0 Å². The number of hydrogen-bond donors (Lipinski definition) is 1. The van der Waals surface area contributed by atoms with Crippen molar-refractivity contribution in [2.75, 3.05) is 0 Å². The molecule has 0 saturated heterocycles. The molecule has 0 fully saturated rings. The van der Waals surface area contributed by atoms with E-state index >= 15 is 0 Å². The zero-order valence-electron chi connectivity index (χ0n) is 11.1. The molecule has 1 aromatic carbocycles. The SMILES string of the molecule is CCCC(N)C(=O)c1cccc(CC(C)C)c1. The van der Waals surface area contributed by atoms with Gasteiger partial charge in [-0.25, -0.2) is 0 Å². The first-order chi connectivity index (χ1) is 8.04. The van der Waals surface area contributed by atoms with Gasteiger partial charge < -0.3 is 5.73 Å². The number of ketones is 1. The van der Waals surface area contributed by atoms with Crippen molar-refractivity contribution in [3.05, 3.63) is 35.4 Å². The molecule has 94 valence electrons. The third-order valence-electron chi connectivity index (χ3n) is 2.79. The van der Waals surface area contributed by atoms with Gasteiger partial charge in [0.25, 0.3) is 0 Å². The van der Waals surface area contributed by atoms with Crippen LogP contribution in [-0.2, 0) is 6.42 Å². The van der Waals surface area contributed by atoms with Crippen molar-refractivity contribution in [1.82, 2.24) is 0 Å². The Hall–Kier alpha value is -1.15. The lowest BCUT2D eigenvalue weighted by Crippen LogP contribution is -2.30. The lowest BCUT2D eigenvalue weighted by atomic mass is 9.96. The molecule has 0 spiro atoms. The Morgan fingerprint density at radius 2 is 2.06 bits per heavy atom. The fraction of sp³-hybridized carbons (Fsp3) is 0.533. The smallest absolute Gasteiger partial charge is 0.179 e. The number of rotatable bonds is 6. The normalized spacial score (nSPS) is 12.8. The first kappa shape index (κ1) is 13.9. The Balaban J connectivity index is 2.80. The lowest BCUT2D eigenvalue weighted by molar-refractivity contribution is 0.0956. The van der Waals surface area contributed by atoms with Gasteiger partial charge in [-0.3, -0.25) is 4.79 Å². The summed E-state index contributed by atoms with van der Waals surface area (Å²) in [4.78, 5) is 12.0. The number of Topliss-reactive ketones (excluding diaryl/α,β-unsaturated/α-hetero) is 1. The molecule has 0 aliphatic heterocycles. The van der Waals surface area contributed by atoms with E-state index in [1.165, 1.54) is 5.56 Å². The van der Waals surface area contributed by atoms with E-state index in [2.05, 4.69) is 19.9 Å². The fourth-order valence-corrected chi connectivity index (χ4v) is 1.98. The van der Waals surface area contributed by atoms with Gasteiger partial charge in [-0.05, 0) is 30.4 Å². The summed E-state index contributed by atoms with van der Waals surface area (Å²) in [5.41, 5.74) is 7.83. The summed E-state index contributed by atoms with van der Waals surface area (Å²) >= 11 is 0. The monoisotopic (exact) mass is 233 g/mol. The van der Waals surface area contributed by atoms with E-state index in [0.717, 1.165) is 24.8 Å². The van der Waals surface area contributed by atoms with Gasteiger partial charge in [-0.2, -0.15) is 0 Å². The van der Waals surface area contributed by atoms with Gasteiger partial charge in [-0.15, -0.1) is 0 Å². The van der Waals surface area contributed by atoms with Crippen molar-refractivity contribution < 1.29 is 4.79 Å². The van der Waals surface area contributed by atoms with E-state index < -0.39 is 0 Å². The van der Waals surface area contributed by atoms with Crippen LogP contribution in [0.3, 0.4) is 0 Å². The number of nitrogens with two attached hydrogens (primary N) is 1. The first-order valence-electron chi connectivity index (χ1n) is 6.43. The van der Waals surface area contributed by atoms with E-state index in [9.17, 15) is 4.79 Å². The second kappa shape index (κ2) is 6.55. The van der Waals surface area contributed by atoms with Crippen LogP contribution in [0.25, 0.3) is 0 Å². The molecule has 0 radical (unpaired) electrons. The van der Waals surface area contributed by atoms with E-state index in [0.29, 0.717) is 5.92 Å². The second-order valence-electron chi connectivity index (χ2n) is 5.06. The van der Waals surface area contributed by atoms with E-state index in [4.69, 9.17) is 5.73 Å². The summed E-state index contributed by atoms with van der Waals surface area (Å²) in [5, 5.41) is 0. The second-order valence-corrected chi connectivity index (χ2v) is 5.06. The van der Waals surface area contributed by atoms with Gasteiger partial charge in [0.15, 0.2) is 5.78 Å². The predicted octanol–water partition coefficient (Wildman–Crippen LogP) is 3.20. The Morgan fingerprint density at radius 3 is 2.65 bits per heavy atom. The van der Waals surface area contributed by atoms with Crippen molar-refractivity contribution in [1.29, 1.82) is 0 Å². The topological polar surface area (TPSA) is 43.1 Å². The van der Waals surface area contributed by atoms with Crippen molar-refractivity contribution >= 4 is 5.78 Å². The number of benzene rings is 1. The molecule has 1 atom stereocenters. The van der Waals surface area contributed by atoms with E-state index in [1.54, 1.807) is 0 Å². The van der Waals surface area contributed by atoms with Crippen LogP contribution in [-0.4, -0.2) is 11.8 Å². The minimum atomic E-state index is -0.353. The maximum Gasteiger partial charge on any atom is 0.179 e. The highest BCUT2D eigenvalue weighted by Crippen LogP contribution is 2.13. The predicted molar refractivity (Wildman–Crippen MR) is 72.2 cm³/mol. The molecule has 0 aliphatic rings. The van der Waals surface area contributed by atoms with Crippen LogP contribution < -0.4 is 5.73 Å². The third kappa shape index (κ3) is 4.31. The van der Waals surface area contributed by atoms with Crippen LogP contribution in [0.15, 0.2) is 24.3 Å². The standard InChI is InChI=1S/C15H23NO/c1-4-6-14(16)15(17)13-8-5-7-12(10-13)9-11(2)3/h5,7-8,10-11,14H,4,6,9,16H2,1-3H3. The van der Waals surface area contributed by atoms with Gasteiger partial charge >= 0.3 is 0 Å². The molecule has 1 unspecified atom stereocenters. The summed E-state index contributed by atoms with van der Waals surface area (Å²) in [6, 6.07) is 7.51. The van der Waals surface area contributed by atoms with E-state index in [-0.39, 0.29) is 11.8 Å². The Labute approximate surface area is 104 Å². The number of carbonyl (C=O) groups excluding carboxylic acids is 1. The quantitative estimate of drug-likeness (QED) is 0.767. The summed E-state index contributed by atoms with van der Waals surface area (Å²) < 4.78 is 0. The van der Waals surface area contributed by atoms with Crippen LogP contribution in [0.2, 0.25) is 0 Å². The molecule has 0 aliphatic carbocycles. The largest absolute Gasteiger partial charge is 0.321 e. The maximum absolute atomic E-state index is 12.0. The summed E-state index contributed by atoms with van der Waals surface area (Å²) in [7, 11) is 0. The molecule has 2 nitrogen and oxygen atoms in total. The molecule has 0 aromatic heterocycles. The minimum absolute atomic E-state index is 0.0671. The molecule has 0 heterocycles. The van der Waals surface area contributed by atoms with Crippen LogP contribution in [0, 0.1) is 5.92 Å². The Morgan fingerprint density at radius 1 is 1.35 bits per heavy atom. The van der Waals surface area contributed by atoms with E-state index in [1.807, 2.05) is 25.1 Å². The average molecular weight is 233 g/mol. The lowest BCUT2D eigenvalue weighted by Gasteiger charge is -2.11. The van der Waals surface area contributed by atoms with Crippen molar-refractivity contribution in [3.63, 3.8) is 0 Å². The van der Waals surface area contributed by atoms with Gasteiger partial charge in [0.2, 0.25) is 0 Å². The summed E-state index contributed by atoms with van der Waals surface area (Å²) in [5.74, 6) is 0.669. The van der Waals surface area contributed by atoms with Crippen molar-refractivity contribution in [2.24, 2.45) is 11.7 Å². The Bertz CT molecular complexity index is 371. The molecule has 2 N–H and O–H groups in total. The molecular formula is C15H23NO. The summed E-state index contributed by atoms with van der Waals surface area (Å²) in [6.45, 7) is 6.40. The molecule has 2 heteroatoms. The van der Waals surface area contributed by atoms with Gasteiger partial charge in [-0.1, -0.05) is 45.4 Å². The van der Waals surface area contributed by atoms with Crippen LogP contribution in [0.5, 0.6) is 0 Å². The number of hydrogen-bond acceptors (Lipinski definition) is 2. The van der Waals surface area contributed by atoms with Crippen molar-refractivity contribution in [2.45, 2.75) is 46.1 Å².